The molecule has 0 aliphatic carbocycles. The molecule has 0 aliphatic heterocycles. The highest BCUT2D eigenvalue weighted by atomic mass is 35.5. The summed E-state index contributed by atoms with van der Waals surface area (Å²) in [6.07, 6.45) is 0. The summed E-state index contributed by atoms with van der Waals surface area (Å²) in [5, 5.41) is 9.60. The molecule has 0 saturated heterocycles. The minimum atomic E-state index is -1.35. The number of carboxylic acids is 1. The van der Waals surface area contributed by atoms with Gasteiger partial charge in [0.1, 0.15) is 11.6 Å². The van der Waals surface area contributed by atoms with Gasteiger partial charge < -0.3 is 10.1 Å². The number of aromatic carboxylic acids is 1. The lowest BCUT2D eigenvalue weighted by molar-refractivity contribution is 0.0692. The third-order valence-corrected chi connectivity index (χ3v) is 3.83. The second kappa shape index (κ2) is 5.02. The summed E-state index contributed by atoms with van der Waals surface area (Å²) in [6, 6.07) is 7.32. The Morgan fingerprint density at radius 3 is 2.76 bits per heavy atom. The summed E-state index contributed by atoms with van der Waals surface area (Å²) in [6.45, 7) is 0. The minimum absolute atomic E-state index is 0.317. The molecule has 1 aromatic heterocycles. The first-order valence-electron chi connectivity index (χ1n) is 5.84. The van der Waals surface area contributed by atoms with Gasteiger partial charge in [0.2, 0.25) is 0 Å². The van der Waals surface area contributed by atoms with E-state index in [4.69, 9.17) is 28.3 Å². The van der Waals surface area contributed by atoms with E-state index in [1.54, 1.807) is 18.2 Å². The van der Waals surface area contributed by atoms with Gasteiger partial charge in [-0.2, -0.15) is 0 Å². The molecule has 106 valence electrons. The Hall–Kier alpha value is -2.11. The van der Waals surface area contributed by atoms with Gasteiger partial charge in [-0.25, -0.2) is 14.2 Å². The van der Waals surface area contributed by atoms with Crippen molar-refractivity contribution >= 4 is 40.2 Å². The van der Waals surface area contributed by atoms with Gasteiger partial charge in [0.15, 0.2) is 0 Å². The third-order valence-electron chi connectivity index (χ3n) is 3.01. The van der Waals surface area contributed by atoms with Crippen molar-refractivity contribution in [3.63, 3.8) is 0 Å². The van der Waals surface area contributed by atoms with Crippen LogP contribution in [0.3, 0.4) is 0 Å². The molecule has 0 fully saturated rings. The summed E-state index contributed by atoms with van der Waals surface area (Å²) in [5.74, 6) is -1.79. The fourth-order valence-electron chi connectivity index (χ4n) is 2.01. The van der Waals surface area contributed by atoms with E-state index >= 15 is 0 Å². The molecule has 2 N–H and O–H groups in total. The quantitative estimate of drug-likeness (QED) is 0.735. The van der Waals surface area contributed by atoms with Gasteiger partial charge in [-0.3, -0.25) is 0 Å². The second-order valence-electron chi connectivity index (χ2n) is 4.34. The molecule has 1 heterocycles. The van der Waals surface area contributed by atoms with Gasteiger partial charge in [0.25, 0.3) is 0 Å². The van der Waals surface area contributed by atoms with Crippen LogP contribution >= 0.6 is 23.2 Å². The SMILES string of the molecule is O=C(O)c1cc2nc(-c3cccc(Cl)c3Cl)[nH]c2cc1F. The average molecular weight is 325 g/mol. The number of carboxylic acid groups (broad SMARTS) is 1. The lowest BCUT2D eigenvalue weighted by Gasteiger charge is -2.01. The predicted molar refractivity (Wildman–Crippen MR) is 78.5 cm³/mol. The molecule has 0 amide bonds. The van der Waals surface area contributed by atoms with Crippen molar-refractivity contribution in [1.82, 2.24) is 9.97 Å². The highest BCUT2D eigenvalue weighted by Gasteiger charge is 2.16. The van der Waals surface area contributed by atoms with Crippen molar-refractivity contribution in [2.45, 2.75) is 0 Å². The number of benzene rings is 2. The van der Waals surface area contributed by atoms with Crippen LogP contribution in [0, 0.1) is 5.82 Å². The lowest BCUT2D eigenvalue weighted by Crippen LogP contribution is -1.99. The minimum Gasteiger partial charge on any atom is -0.478 e. The van der Waals surface area contributed by atoms with Crippen LogP contribution in [0.2, 0.25) is 10.0 Å². The molecule has 3 rings (SSSR count). The van der Waals surface area contributed by atoms with E-state index in [0.717, 1.165) is 6.07 Å². The number of hydrogen-bond donors (Lipinski definition) is 2. The zero-order chi connectivity index (χ0) is 15.1. The Kier molecular flexibility index (Phi) is 3.31. The van der Waals surface area contributed by atoms with Crippen molar-refractivity contribution in [2.24, 2.45) is 0 Å². The molecule has 0 unspecified atom stereocenters. The van der Waals surface area contributed by atoms with E-state index < -0.39 is 17.3 Å². The molecular weight excluding hydrogens is 318 g/mol. The number of fused-ring (bicyclic) bond motifs is 1. The number of nitrogens with one attached hydrogen (secondary N) is 1. The van der Waals surface area contributed by atoms with Crippen LogP contribution in [0.1, 0.15) is 10.4 Å². The number of hydrogen-bond acceptors (Lipinski definition) is 2. The Morgan fingerprint density at radius 1 is 1.29 bits per heavy atom. The summed E-state index contributed by atoms with van der Waals surface area (Å²) in [4.78, 5) is 18.1. The van der Waals surface area contributed by atoms with Gasteiger partial charge in [0, 0.05) is 11.6 Å². The number of imidazole rings is 1. The number of carbonyl (C=O) groups is 1. The van der Waals surface area contributed by atoms with Crippen LogP contribution in [0.4, 0.5) is 4.39 Å². The van der Waals surface area contributed by atoms with Crippen LogP contribution in [-0.2, 0) is 0 Å². The van der Waals surface area contributed by atoms with E-state index in [1.165, 1.54) is 6.07 Å². The standard InChI is InChI=1S/C14H7Cl2FN2O2/c15-8-3-1-2-6(12(8)16)13-18-10-4-7(14(20)21)9(17)5-11(10)19-13/h1-5H,(H,18,19)(H,20,21). The molecule has 21 heavy (non-hydrogen) atoms. The van der Waals surface area contributed by atoms with Crippen molar-refractivity contribution in [2.75, 3.05) is 0 Å². The molecule has 0 saturated carbocycles. The molecule has 0 aliphatic rings. The predicted octanol–water partition coefficient (Wildman–Crippen LogP) is 4.37. The maximum Gasteiger partial charge on any atom is 0.338 e. The normalized spacial score (nSPS) is 11.0. The maximum atomic E-state index is 13.6. The van der Waals surface area contributed by atoms with Gasteiger partial charge in [0.05, 0.1) is 26.6 Å². The number of aromatic amines is 1. The van der Waals surface area contributed by atoms with Crippen molar-refractivity contribution in [3.8, 4) is 11.4 Å². The number of aromatic nitrogens is 2. The molecule has 0 bridgehead atoms. The molecule has 0 radical (unpaired) electrons. The molecular formula is C14H7Cl2FN2O2. The molecule has 2 aromatic carbocycles. The highest BCUT2D eigenvalue weighted by Crippen LogP contribution is 2.33. The molecule has 4 nitrogen and oxygen atoms in total. The number of halogens is 3. The summed E-state index contributed by atoms with van der Waals surface area (Å²) in [5.41, 5.74) is 0.832. The zero-order valence-electron chi connectivity index (χ0n) is 10.3. The Bertz CT molecular complexity index is 877. The van der Waals surface area contributed by atoms with E-state index in [1.807, 2.05) is 0 Å². The zero-order valence-corrected chi connectivity index (χ0v) is 11.8. The first-order valence-corrected chi connectivity index (χ1v) is 6.60. The molecule has 0 atom stereocenters. The average Bonchev–Trinajstić information content (AvgIpc) is 2.83. The second-order valence-corrected chi connectivity index (χ2v) is 5.13. The summed E-state index contributed by atoms with van der Waals surface area (Å²) < 4.78 is 13.6. The Morgan fingerprint density at radius 2 is 2.05 bits per heavy atom. The number of H-pyrrole nitrogens is 1. The lowest BCUT2D eigenvalue weighted by atomic mass is 10.2. The van der Waals surface area contributed by atoms with Crippen LogP contribution in [0.25, 0.3) is 22.4 Å². The monoisotopic (exact) mass is 324 g/mol. The third kappa shape index (κ3) is 2.34. The topological polar surface area (TPSA) is 66.0 Å². The van der Waals surface area contributed by atoms with Gasteiger partial charge in [-0.15, -0.1) is 0 Å². The van der Waals surface area contributed by atoms with Crippen LogP contribution in [0.5, 0.6) is 0 Å². The summed E-state index contributed by atoms with van der Waals surface area (Å²) in [7, 11) is 0. The molecule has 3 aromatic rings. The number of rotatable bonds is 2. The maximum absolute atomic E-state index is 13.6. The Labute approximate surface area is 128 Å². The fourth-order valence-corrected chi connectivity index (χ4v) is 2.40. The van der Waals surface area contributed by atoms with Gasteiger partial charge in [-0.05, 0) is 18.2 Å². The first kappa shape index (κ1) is 13.9. The highest BCUT2D eigenvalue weighted by molar-refractivity contribution is 6.43. The Balaban J connectivity index is 2.22. The van der Waals surface area contributed by atoms with Crippen molar-refractivity contribution in [3.05, 3.63) is 51.8 Å². The van der Waals surface area contributed by atoms with Crippen LogP contribution in [0.15, 0.2) is 30.3 Å². The van der Waals surface area contributed by atoms with Gasteiger partial charge in [-0.1, -0.05) is 29.3 Å². The van der Waals surface area contributed by atoms with Crippen LogP contribution < -0.4 is 0 Å². The van der Waals surface area contributed by atoms with E-state index in [-0.39, 0.29) is 0 Å². The first-order chi connectivity index (χ1) is 9.97. The van der Waals surface area contributed by atoms with Crippen molar-refractivity contribution < 1.29 is 14.3 Å². The molecule has 7 heteroatoms. The summed E-state index contributed by atoms with van der Waals surface area (Å²) >= 11 is 12.1. The largest absolute Gasteiger partial charge is 0.478 e. The number of nitrogens with zero attached hydrogens (tertiary/aromatic N) is 1. The smallest absolute Gasteiger partial charge is 0.338 e. The van der Waals surface area contributed by atoms with Crippen LogP contribution in [-0.4, -0.2) is 21.0 Å². The van der Waals surface area contributed by atoms with Crippen molar-refractivity contribution in [1.29, 1.82) is 0 Å². The van der Waals surface area contributed by atoms with Gasteiger partial charge >= 0.3 is 5.97 Å². The molecule has 0 spiro atoms. The fraction of sp³-hybridized carbons (Fsp3) is 0. The van der Waals surface area contributed by atoms with E-state index in [2.05, 4.69) is 9.97 Å². The van der Waals surface area contributed by atoms with E-state index in [9.17, 15) is 9.18 Å². The van der Waals surface area contributed by atoms with E-state index in [0.29, 0.717) is 32.5 Å².